The van der Waals surface area contributed by atoms with Crippen LogP contribution in [0.4, 0.5) is 0 Å². The van der Waals surface area contributed by atoms with Gasteiger partial charge in [-0.2, -0.15) is 0 Å². The summed E-state index contributed by atoms with van der Waals surface area (Å²) >= 11 is 0. The van der Waals surface area contributed by atoms with Crippen LogP contribution in [0.15, 0.2) is 23.8 Å². The quantitative estimate of drug-likeness (QED) is 0.535. The zero-order valence-corrected chi connectivity index (χ0v) is 16.7. The van der Waals surface area contributed by atoms with Gasteiger partial charge < -0.3 is 0 Å². The topological polar surface area (TPSA) is 17.1 Å². The third kappa shape index (κ3) is 2.37. The third-order valence-corrected chi connectivity index (χ3v) is 9.16. The molecule has 1 nitrogen and oxygen atoms in total. The lowest BCUT2D eigenvalue weighted by molar-refractivity contribution is -0.119. The van der Waals surface area contributed by atoms with Gasteiger partial charge in [-0.1, -0.05) is 44.9 Å². The molecule has 0 aromatic heterocycles. The van der Waals surface area contributed by atoms with E-state index in [1.165, 1.54) is 49.7 Å². The molecule has 0 amide bonds. The van der Waals surface area contributed by atoms with Crippen LogP contribution in [0.2, 0.25) is 0 Å². The Kier molecular flexibility index (Phi) is 4.09. The van der Waals surface area contributed by atoms with Crippen LogP contribution in [0.1, 0.15) is 79.1 Å². The molecule has 0 saturated heterocycles. The predicted molar refractivity (Wildman–Crippen MR) is 104 cm³/mol. The van der Waals surface area contributed by atoms with Crippen LogP contribution in [-0.2, 0) is 4.79 Å². The largest absolute Gasteiger partial charge is 0.295 e. The summed E-state index contributed by atoms with van der Waals surface area (Å²) < 4.78 is 0. The molecular formula is C24H36O. The molecule has 138 valence electrons. The lowest BCUT2D eigenvalue weighted by Crippen LogP contribution is -2.54. The highest BCUT2D eigenvalue weighted by molar-refractivity contribution is 5.91. The minimum absolute atomic E-state index is 0.292. The first-order chi connectivity index (χ1) is 11.8. The monoisotopic (exact) mass is 340 g/mol. The fourth-order valence-corrected chi connectivity index (χ4v) is 8.17. The molecule has 0 aromatic rings. The van der Waals surface area contributed by atoms with Gasteiger partial charge >= 0.3 is 0 Å². The summed E-state index contributed by atoms with van der Waals surface area (Å²) in [5, 5.41) is 0. The smallest absolute Gasteiger partial charge is 0.155 e. The summed E-state index contributed by atoms with van der Waals surface area (Å²) in [7, 11) is 0. The number of allylic oxidation sites excluding steroid dienone is 2. The Bertz CT molecular complexity index is 628. The number of hydrogen-bond donors (Lipinski definition) is 0. The van der Waals surface area contributed by atoms with Crippen LogP contribution in [0.3, 0.4) is 0 Å². The number of ketones is 1. The van der Waals surface area contributed by atoms with Crippen LogP contribution in [0.25, 0.3) is 0 Å². The van der Waals surface area contributed by atoms with Gasteiger partial charge in [-0.3, -0.25) is 4.79 Å². The first-order valence-electron chi connectivity index (χ1n) is 10.7. The maximum absolute atomic E-state index is 12.0. The standard InChI is InChI=1S/C24H36O/c1-6-16-14-24(5)20(15(2)3)9-10-21(24)19-8-7-17-13-18(25)11-12-23(17,4)22(16)19/h13,16,19-22H,2,6-12,14H2,1,3-5H3/t16-,19?,20?,21?,22?,23+,24-/m1/s1. The zero-order valence-electron chi connectivity index (χ0n) is 16.7. The van der Waals surface area contributed by atoms with E-state index in [2.05, 4.69) is 34.3 Å². The second-order valence-electron chi connectivity index (χ2n) is 10.2. The van der Waals surface area contributed by atoms with Gasteiger partial charge in [0.05, 0.1) is 0 Å². The van der Waals surface area contributed by atoms with E-state index in [0.29, 0.717) is 16.6 Å². The van der Waals surface area contributed by atoms with E-state index < -0.39 is 0 Å². The van der Waals surface area contributed by atoms with Crippen molar-refractivity contribution in [3.05, 3.63) is 23.8 Å². The molecule has 3 saturated carbocycles. The van der Waals surface area contributed by atoms with Gasteiger partial charge in [-0.15, -0.1) is 0 Å². The number of carbonyl (C=O) groups excluding carboxylic acids is 1. The molecule has 0 radical (unpaired) electrons. The van der Waals surface area contributed by atoms with E-state index in [4.69, 9.17) is 0 Å². The van der Waals surface area contributed by atoms with Crippen molar-refractivity contribution in [3.63, 3.8) is 0 Å². The fraction of sp³-hybridized carbons (Fsp3) is 0.792. The predicted octanol–water partition coefficient (Wildman–Crippen LogP) is 6.35. The van der Waals surface area contributed by atoms with E-state index >= 15 is 0 Å². The lowest BCUT2D eigenvalue weighted by Gasteiger charge is -2.61. The van der Waals surface area contributed by atoms with Crippen LogP contribution < -0.4 is 0 Å². The summed E-state index contributed by atoms with van der Waals surface area (Å²) in [6.07, 6.45) is 11.8. The van der Waals surface area contributed by atoms with Crippen molar-refractivity contribution in [2.75, 3.05) is 0 Å². The average Bonchev–Trinajstić information content (AvgIpc) is 2.91. The van der Waals surface area contributed by atoms with Gasteiger partial charge in [0.1, 0.15) is 0 Å². The van der Waals surface area contributed by atoms with E-state index in [9.17, 15) is 4.79 Å². The van der Waals surface area contributed by atoms with Crippen molar-refractivity contribution in [1.82, 2.24) is 0 Å². The van der Waals surface area contributed by atoms with E-state index in [0.717, 1.165) is 42.4 Å². The van der Waals surface area contributed by atoms with Crippen LogP contribution in [0.5, 0.6) is 0 Å². The molecule has 0 aliphatic heterocycles. The summed E-state index contributed by atoms with van der Waals surface area (Å²) in [4.78, 5) is 12.0. The number of fused-ring (bicyclic) bond motifs is 5. The highest BCUT2D eigenvalue weighted by atomic mass is 16.1. The molecule has 4 rings (SSSR count). The molecule has 3 fully saturated rings. The molecule has 4 unspecified atom stereocenters. The highest BCUT2D eigenvalue weighted by Gasteiger charge is 2.61. The fourth-order valence-electron chi connectivity index (χ4n) is 8.17. The van der Waals surface area contributed by atoms with Crippen LogP contribution in [-0.4, -0.2) is 5.78 Å². The molecule has 1 heteroatoms. The zero-order chi connectivity index (χ0) is 18.0. The van der Waals surface area contributed by atoms with Gasteiger partial charge in [-0.05, 0) is 91.9 Å². The molecule has 4 aliphatic rings. The summed E-state index contributed by atoms with van der Waals surface area (Å²) in [6.45, 7) is 14.2. The molecule has 0 heterocycles. The van der Waals surface area contributed by atoms with Crippen molar-refractivity contribution >= 4 is 5.78 Å². The second-order valence-corrected chi connectivity index (χ2v) is 10.2. The average molecular weight is 341 g/mol. The molecule has 25 heavy (non-hydrogen) atoms. The van der Waals surface area contributed by atoms with Crippen molar-refractivity contribution in [2.45, 2.75) is 79.1 Å². The molecule has 7 atom stereocenters. The van der Waals surface area contributed by atoms with Gasteiger partial charge in [0.15, 0.2) is 5.78 Å². The Morgan fingerprint density at radius 1 is 1.24 bits per heavy atom. The summed E-state index contributed by atoms with van der Waals surface area (Å²) in [5.41, 5.74) is 3.68. The Morgan fingerprint density at radius 2 is 2.00 bits per heavy atom. The molecule has 0 bridgehead atoms. The first kappa shape index (κ1) is 17.6. The van der Waals surface area contributed by atoms with Gasteiger partial charge in [-0.25, -0.2) is 0 Å². The molecular weight excluding hydrogens is 304 g/mol. The van der Waals surface area contributed by atoms with E-state index in [1.807, 2.05) is 6.08 Å². The molecule has 4 aliphatic carbocycles. The minimum Gasteiger partial charge on any atom is -0.295 e. The van der Waals surface area contributed by atoms with Gasteiger partial charge in [0.25, 0.3) is 0 Å². The summed E-state index contributed by atoms with van der Waals surface area (Å²) in [5.74, 6) is 4.45. The Labute approximate surface area is 154 Å². The Hall–Kier alpha value is -0.850. The van der Waals surface area contributed by atoms with Crippen LogP contribution >= 0.6 is 0 Å². The van der Waals surface area contributed by atoms with Crippen LogP contribution in [0, 0.1) is 40.4 Å². The van der Waals surface area contributed by atoms with Crippen molar-refractivity contribution in [2.24, 2.45) is 40.4 Å². The maximum Gasteiger partial charge on any atom is 0.155 e. The van der Waals surface area contributed by atoms with E-state index in [-0.39, 0.29) is 0 Å². The molecule has 0 spiro atoms. The second kappa shape index (κ2) is 5.83. The minimum atomic E-state index is 0.292. The number of rotatable bonds is 2. The molecule has 0 aromatic carbocycles. The van der Waals surface area contributed by atoms with E-state index in [1.54, 1.807) is 0 Å². The molecule has 0 N–H and O–H groups in total. The SMILES string of the molecule is C=C(C)C1CCC2C3CCC4=CC(=O)CC[C@]4(C)C3[C@H](CC)C[C@]12C. The highest BCUT2D eigenvalue weighted by Crippen LogP contribution is 2.69. The Morgan fingerprint density at radius 3 is 2.68 bits per heavy atom. The summed E-state index contributed by atoms with van der Waals surface area (Å²) in [6, 6.07) is 0. The third-order valence-electron chi connectivity index (χ3n) is 9.16. The van der Waals surface area contributed by atoms with Gasteiger partial charge in [0.2, 0.25) is 0 Å². The van der Waals surface area contributed by atoms with Crippen molar-refractivity contribution in [3.8, 4) is 0 Å². The Balaban J connectivity index is 1.75. The van der Waals surface area contributed by atoms with Crippen molar-refractivity contribution < 1.29 is 4.79 Å². The maximum atomic E-state index is 12.0. The number of hydrogen-bond acceptors (Lipinski definition) is 1. The normalized spacial score (nSPS) is 49.0. The van der Waals surface area contributed by atoms with Crippen molar-refractivity contribution in [1.29, 1.82) is 0 Å². The lowest BCUT2D eigenvalue weighted by atomic mass is 9.43. The first-order valence-corrected chi connectivity index (χ1v) is 10.7. The van der Waals surface area contributed by atoms with Gasteiger partial charge in [0, 0.05) is 6.42 Å². The number of carbonyl (C=O) groups is 1.